The lowest BCUT2D eigenvalue weighted by atomic mass is 9.89. The molecular formula is C24H27FN2O. The molecule has 0 spiro atoms. The minimum Gasteiger partial charge on any atom is -0.387 e. The minimum atomic E-state index is -0.554. The standard InChI is InChI=1S/C24H27FN2O/c1-26-16-13-19(14-17-26)24(28)22-12-7-15-27(22)23(18-8-3-2-4-9-18)20-10-5-6-11-21(20)25/h2-12,15,19,23-24,28H,13-14,16-17H2,1H3. The van der Waals surface area contributed by atoms with E-state index in [1.165, 1.54) is 6.07 Å². The fourth-order valence-electron chi connectivity index (χ4n) is 4.30. The highest BCUT2D eigenvalue weighted by Crippen LogP contribution is 2.36. The van der Waals surface area contributed by atoms with Gasteiger partial charge in [0.25, 0.3) is 0 Å². The van der Waals surface area contributed by atoms with E-state index < -0.39 is 6.10 Å². The van der Waals surface area contributed by atoms with Gasteiger partial charge in [0.15, 0.2) is 0 Å². The molecule has 1 aliphatic rings. The molecule has 1 fully saturated rings. The van der Waals surface area contributed by atoms with Crippen molar-refractivity contribution in [1.82, 2.24) is 9.47 Å². The average Bonchev–Trinajstić information content (AvgIpc) is 3.20. The monoisotopic (exact) mass is 378 g/mol. The number of aliphatic hydroxyl groups is 1. The summed E-state index contributed by atoms with van der Waals surface area (Å²) in [5.41, 5.74) is 2.47. The summed E-state index contributed by atoms with van der Waals surface area (Å²) in [6.07, 6.45) is 3.34. The number of aromatic nitrogens is 1. The highest BCUT2D eigenvalue weighted by molar-refractivity contribution is 5.35. The number of aliphatic hydroxyl groups excluding tert-OH is 1. The lowest BCUT2D eigenvalue weighted by molar-refractivity contribution is 0.0597. The first-order chi connectivity index (χ1) is 13.6. The van der Waals surface area contributed by atoms with Gasteiger partial charge in [0.2, 0.25) is 0 Å². The molecule has 0 saturated carbocycles. The van der Waals surface area contributed by atoms with E-state index >= 15 is 0 Å². The van der Waals surface area contributed by atoms with Crippen molar-refractivity contribution in [1.29, 1.82) is 0 Å². The smallest absolute Gasteiger partial charge is 0.128 e. The molecule has 146 valence electrons. The highest BCUT2D eigenvalue weighted by Gasteiger charge is 2.29. The van der Waals surface area contributed by atoms with Crippen LogP contribution in [0.3, 0.4) is 0 Å². The van der Waals surface area contributed by atoms with Gasteiger partial charge in [-0.15, -0.1) is 0 Å². The molecule has 1 aliphatic heterocycles. The van der Waals surface area contributed by atoms with Crippen LogP contribution in [0.2, 0.25) is 0 Å². The van der Waals surface area contributed by atoms with Gasteiger partial charge in [-0.1, -0.05) is 48.5 Å². The number of hydrogen-bond donors (Lipinski definition) is 1. The largest absolute Gasteiger partial charge is 0.387 e. The van der Waals surface area contributed by atoms with E-state index in [4.69, 9.17) is 0 Å². The summed E-state index contributed by atoms with van der Waals surface area (Å²) in [7, 11) is 2.12. The molecule has 4 heteroatoms. The van der Waals surface area contributed by atoms with E-state index in [0.29, 0.717) is 5.56 Å². The normalized spacial score (nSPS) is 18.1. The van der Waals surface area contributed by atoms with Gasteiger partial charge in [-0.05, 0) is 62.7 Å². The molecule has 1 saturated heterocycles. The molecule has 3 nitrogen and oxygen atoms in total. The van der Waals surface area contributed by atoms with Crippen molar-refractivity contribution in [3.05, 3.63) is 95.6 Å². The second kappa shape index (κ2) is 8.29. The first-order valence-electron chi connectivity index (χ1n) is 9.98. The van der Waals surface area contributed by atoms with Crippen LogP contribution < -0.4 is 0 Å². The van der Waals surface area contributed by atoms with Crippen LogP contribution in [0.5, 0.6) is 0 Å². The third kappa shape index (κ3) is 3.75. The quantitative estimate of drug-likeness (QED) is 0.701. The number of halogens is 1. The molecular weight excluding hydrogens is 351 g/mol. The van der Waals surface area contributed by atoms with Gasteiger partial charge in [0.1, 0.15) is 5.82 Å². The van der Waals surface area contributed by atoms with E-state index in [0.717, 1.165) is 37.2 Å². The van der Waals surface area contributed by atoms with Gasteiger partial charge in [-0.2, -0.15) is 0 Å². The van der Waals surface area contributed by atoms with Crippen LogP contribution in [0, 0.1) is 11.7 Å². The maximum Gasteiger partial charge on any atom is 0.128 e. The Labute approximate surface area is 166 Å². The maximum atomic E-state index is 14.8. The maximum absolute atomic E-state index is 14.8. The van der Waals surface area contributed by atoms with E-state index in [9.17, 15) is 9.50 Å². The van der Waals surface area contributed by atoms with E-state index in [1.54, 1.807) is 6.07 Å². The predicted octanol–water partition coefficient (Wildman–Crippen LogP) is 4.64. The van der Waals surface area contributed by atoms with Gasteiger partial charge >= 0.3 is 0 Å². The molecule has 0 amide bonds. The van der Waals surface area contributed by atoms with E-state index in [1.807, 2.05) is 65.4 Å². The van der Waals surface area contributed by atoms with Crippen molar-refractivity contribution in [2.45, 2.75) is 25.0 Å². The first-order valence-corrected chi connectivity index (χ1v) is 9.98. The molecule has 4 rings (SSSR count). The zero-order valence-corrected chi connectivity index (χ0v) is 16.2. The van der Waals surface area contributed by atoms with Crippen molar-refractivity contribution in [2.24, 2.45) is 5.92 Å². The number of piperidine rings is 1. The van der Waals surface area contributed by atoms with Crippen molar-refractivity contribution >= 4 is 0 Å². The minimum absolute atomic E-state index is 0.224. The number of likely N-dealkylation sites (tertiary alicyclic amines) is 1. The first kappa shape index (κ1) is 18.9. The molecule has 2 aromatic carbocycles. The molecule has 2 unspecified atom stereocenters. The van der Waals surface area contributed by atoms with E-state index in [2.05, 4.69) is 11.9 Å². The van der Waals surface area contributed by atoms with Crippen molar-refractivity contribution in [3.63, 3.8) is 0 Å². The summed E-state index contributed by atoms with van der Waals surface area (Å²) >= 11 is 0. The molecule has 1 aromatic heterocycles. The Balaban J connectivity index is 1.75. The molecule has 2 atom stereocenters. The third-order valence-corrected chi connectivity index (χ3v) is 5.92. The van der Waals surface area contributed by atoms with Crippen LogP contribution in [0.1, 0.15) is 41.8 Å². The van der Waals surface area contributed by atoms with Gasteiger partial charge in [-0.3, -0.25) is 0 Å². The van der Waals surface area contributed by atoms with Gasteiger partial charge in [0, 0.05) is 17.5 Å². The molecule has 3 aromatic rings. The zero-order chi connectivity index (χ0) is 19.5. The zero-order valence-electron chi connectivity index (χ0n) is 16.2. The number of benzene rings is 2. The summed E-state index contributed by atoms with van der Waals surface area (Å²) in [5.74, 6) is -0.00771. The third-order valence-electron chi connectivity index (χ3n) is 5.92. The summed E-state index contributed by atoms with van der Waals surface area (Å²) in [5, 5.41) is 11.2. The lowest BCUT2D eigenvalue weighted by Gasteiger charge is -2.33. The van der Waals surface area contributed by atoms with Crippen LogP contribution in [0.25, 0.3) is 0 Å². The summed E-state index contributed by atoms with van der Waals surface area (Å²) in [6, 6.07) is 20.5. The van der Waals surface area contributed by atoms with Gasteiger partial charge in [0.05, 0.1) is 12.1 Å². The number of nitrogens with zero attached hydrogens (tertiary/aromatic N) is 2. The fourth-order valence-corrected chi connectivity index (χ4v) is 4.30. The number of rotatable bonds is 5. The molecule has 0 aliphatic carbocycles. The Kier molecular flexibility index (Phi) is 5.60. The topological polar surface area (TPSA) is 28.4 Å². The Morgan fingerprint density at radius 3 is 2.32 bits per heavy atom. The molecule has 0 radical (unpaired) electrons. The van der Waals surface area contributed by atoms with Crippen LogP contribution in [-0.2, 0) is 0 Å². The predicted molar refractivity (Wildman–Crippen MR) is 110 cm³/mol. The lowest BCUT2D eigenvalue weighted by Crippen LogP contribution is -2.33. The average molecular weight is 378 g/mol. The fraction of sp³-hybridized carbons (Fsp3) is 0.333. The molecule has 1 N–H and O–H groups in total. The van der Waals surface area contributed by atoms with Gasteiger partial charge < -0.3 is 14.6 Å². The van der Waals surface area contributed by atoms with Crippen LogP contribution in [0.4, 0.5) is 4.39 Å². The number of hydrogen-bond acceptors (Lipinski definition) is 2. The van der Waals surface area contributed by atoms with Crippen molar-refractivity contribution in [3.8, 4) is 0 Å². The Morgan fingerprint density at radius 1 is 0.929 bits per heavy atom. The molecule has 2 heterocycles. The summed E-state index contributed by atoms with van der Waals surface area (Å²) in [4.78, 5) is 2.30. The molecule has 28 heavy (non-hydrogen) atoms. The Bertz CT molecular complexity index is 900. The van der Waals surface area contributed by atoms with Gasteiger partial charge in [-0.25, -0.2) is 4.39 Å². The second-order valence-corrected chi connectivity index (χ2v) is 7.76. The van der Waals surface area contributed by atoms with E-state index in [-0.39, 0.29) is 17.8 Å². The Morgan fingerprint density at radius 2 is 1.61 bits per heavy atom. The van der Waals surface area contributed by atoms with Crippen LogP contribution >= 0.6 is 0 Å². The summed E-state index contributed by atoms with van der Waals surface area (Å²) < 4.78 is 16.8. The Hall–Kier alpha value is -2.43. The van der Waals surface area contributed by atoms with Crippen molar-refractivity contribution in [2.75, 3.05) is 20.1 Å². The highest BCUT2D eigenvalue weighted by atomic mass is 19.1. The van der Waals surface area contributed by atoms with Crippen LogP contribution in [-0.4, -0.2) is 34.7 Å². The van der Waals surface area contributed by atoms with Crippen molar-refractivity contribution < 1.29 is 9.50 Å². The molecule has 0 bridgehead atoms. The van der Waals surface area contributed by atoms with Crippen LogP contribution in [0.15, 0.2) is 72.9 Å². The second-order valence-electron chi connectivity index (χ2n) is 7.76. The SMILES string of the molecule is CN1CCC(C(O)c2cccn2C(c2ccccc2)c2ccccc2F)CC1. The summed E-state index contributed by atoms with van der Waals surface area (Å²) in [6.45, 7) is 2.00.